The molecule has 0 unspecified atom stereocenters. The Labute approximate surface area is 47.8 Å². The first kappa shape index (κ1) is 6.49. The summed E-state index contributed by atoms with van der Waals surface area (Å²) in [4.78, 5) is 0. The van der Waals surface area contributed by atoms with Crippen LogP contribution in [0, 0.1) is 0 Å². The Morgan fingerprint density at radius 3 is 1.50 bits per heavy atom. The maximum absolute atomic E-state index is 3.24. The molecule has 0 aliphatic heterocycles. The molecule has 0 aromatic carbocycles. The van der Waals surface area contributed by atoms with E-state index in [1.165, 1.54) is 0 Å². The molecule has 0 rings (SSSR count). The average molecular weight is 101 g/mol. The summed E-state index contributed by atoms with van der Waals surface area (Å²) in [5, 5.41) is 0. The summed E-state index contributed by atoms with van der Waals surface area (Å²) in [5.41, 5.74) is 0.353. The van der Waals surface area contributed by atoms with Crippen LogP contribution >= 0.6 is 0 Å². The Morgan fingerprint density at radius 2 is 1.50 bits per heavy atom. The van der Waals surface area contributed by atoms with Crippen molar-refractivity contribution in [3.8, 4) is 0 Å². The predicted octanol–water partition coefficient (Wildman–Crippen LogP) is -0.0774. The Morgan fingerprint density at radius 1 is 1.33 bits per heavy atom. The van der Waals surface area contributed by atoms with Crippen LogP contribution in [0.25, 0.3) is 0 Å². The molecule has 0 radical (unpaired) electrons. The zero-order valence-corrected chi connectivity index (χ0v) is 7.00. The summed E-state index contributed by atoms with van der Waals surface area (Å²) in [5.74, 6) is 0. The summed E-state index contributed by atoms with van der Waals surface area (Å²) in [7, 11) is 0. The van der Waals surface area contributed by atoms with Gasteiger partial charge in [-0.15, -0.1) is 0 Å². The Bertz CT molecular complexity index is 37.3. The van der Waals surface area contributed by atoms with Crippen LogP contribution in [-0.2, 0) is 0 Å². The van der Waals surface area contributed by atoms with Gasteiger partial charge in [0, 0.05) is 0 Å². The van der Waals surface area contributed by atoms with Gasteiger partial charge in [0.15, 0.2) is 0 Å². The van der Waals surface area contributed by atoms with Gasteiger partial charge in [0.1, 0.15) is 0 Å². The standard InChI is InChI=1S/C4H10N.Al.2H/c1-4(2,3)5;;;/h5H,1-3H3;;;/q-1;+1;;. The van der Waals surface area contributed by atoms with Crippen LogP contribution in [0.1, 0.15) is 20.8 Å². The van der Waals surface area contributed by atoms with Crippen molar-refractivity contribution >= 4 is 16.5 Å². The Hall–Kier alpha value is 0.492. The lowest BCUT2D eigenvalue weighted by atomic mass is 10.1. The minimum absolute atomic E-state index is 0.353. The van der Waals surface area contributed by atoms with Crippen LogP contribution in [0.3, 0.4) is 0 Å². The molecule has 0 aliphatic rings. The van der Waals surface area contributed by atoms with Gasteiger partial charge in [-0.3, -0.25) is 0 Å². The second-order valence-electron chi connectivity index (χ2n) is 2.50. The minimum atomic E-state index is 0.353. The molecule has 1 nitrogen and oxygen atoms in total. The maximum Gasteiger partial charge on any atom is 0.319 e. The molecule has 0 saturated carbocycles. The molecular formula is C4H12AlN. The normalized spacial score (nSPS) is 11.8. The molecule has 0 fully saturated rings. The molecule has 36 valence electrons. The zero-order valence-electron chi connectivity index (χ0n) is 5.00. The van der Waals surface area contributed by atoms with Crippen LogP contribution < -0.4 is 4.30 Å². The van der Waals surface area contributed by atoms with Gasteiger partial charge >= 0.3 is 16.5 Å². The number of rotatable bonds is 0. The van der Waals surface area contributed by atoms with E-state index >= 15 is 0 Å². The monoisotopic (exact) mass is 101 g/mol. The van der Waals surface area contributed by atoms with E-state index in [2.05, 4.69) is 25.1 Å². The summed E-state index contributed by atoms with van der Waals surface area (Å²) in [6, 6.07) is 0. The van der Waals surface area contributed by atoms with Crippen molar-refractivity contribution < 1.29 is 0 Å². The third kappa shape index (κ3) is 4.49. The van der Waals surface area contributed by atoms with E-state index in [1.54, 1.807) is 0 Å². The van der Waals surface area contributed by atoms with Crippen molar-refractivity contribution in [1.82, 2.24) is 4.30 Å². The highest BCUT2D eigenvalue weighted by molar-refractivity contribution is 6.04. The summed E-state index contributed by atoms with van der Waals surface area (Å²) >= 11 is 1.10. The van der Waals surface area contributed by atoms with Crippen LogP contribution in [0.5, 0.6) is 0 Å². The summed E-state index contributed by atoms with van der Waals surface area (Å²) in [6.07, 6.45) is 0. The second-order valence-corrected chi connectivity index (χ2v) is 3.00. The highest BCUT2D eigenvalue weighted by Gasteiger charge is 2.01. The Balaban J connectivity index is 3.17. The van der Waals surface area contributed by atoms with Crippen molar-refractivity contribution in [3.63, 3.8) is 0 Å². The highest BCUT2D eigenvalue weighted by Crippen LogP contribution is 1.93. The van der Waals surface area contributed by atoms with E-state index in [0.717, 1.165) is 16.5 Å². The van der Waals surface area contributed by atoms with Crippen LogP contribution in [0.4, 0.5) is 0 Å². The Kier molecular flexibility index (Phi) is 2.14. The maximum atomic E-state index is 3.24. The molecule has 0 aromatic heterocycles. The topological polar surface area (TPSA) is 12.0 Å². The third-order valence-electron chi connectivity index (χ3n) is 0.750. The fourth-order valence-electron chi connectivity index (χ4n) is 0. The molecule has 0 saturated heterocycles. The number of hydrogen-bond donors (Lipinski definition) is 1. The summed E-state index contributed by atoms with van der Waals surface area (Å²) in [6.45, 7) is 6.50. The average Bonchev–Trinajstić information content (AvgIpc) is 1.35. The molecule has 0 aromatic rings. The second kappa shape index (κ2) is 1.97. The molecule has 2 heteroatoms. The number of hydrogen-bond acceptors (Lipinski definition) is 1. The fourth-order valence-corrected chi connectivity index (χ4v) is 0. The van der Waals surface area contributed by atoms with Gasteiger partial charge in [0.25, 0.3) is 0 Å². The van der Waals surface area contributed by atoms with Gasteiger partial charge in [0.05, 0.1) is 0 Å². The molecule has 0 heterocycles. The molecule has 0 bridgehead atoms. The smallest absolute Gasteiger partial charge is 0.319 e. The predicted molar refractivity (Wildman–Crippen MR) is 31.4 cm³/mol. The van der Waals surface area contributed by atoms with Crippen molar-refractivity contribution in [3.05, 3.63) is 0 Å². The summed E-state index contributed by atoms with van der Waals surface area (Å²) < 4.78 is 3.24. The lowest BCUT2D eigenvalue weighted by molar-refractivity contribution is 0.528. The van der Waals surface area contributed by atoms with E-state index in [9.17, 15) is 0 Å². The van der Waals surface area contributed by atoms with E-state index in [4.69, 9.17) is 0 Å². The lowest BCUT2D eigenvalue weighted by Crippen LogP contribution is -2.33. The molecular weight excluding hydrogens is 89.0 g/mol. The van der Waals surface area contributed by atoms with Crippen LogP contribution in [0.2, 0.25) is 0 Å². The third-order valence-corrected chi connectivity index (χ3v) is 2.25. The van der Waals surface area contributed by atoms with Gasteiger partial charge in [-0.2, -0.15) is 0 Å². The van der Waals surface area contributed by atoms with Crippen molar-refractivity contribution in [2.75, 3.05) is 0 Å². The fraction of sp³-hybridized carbons (Fsp3) is 1.00. The molecule has 0 spiro atoms. The largest absolute Gasteiger partial charge is 0.400 e. The van der Waals surface area contributed by atoms with E-state index < -0.39 is 0 Å². The van der Waals surface area contributed by atoms with Gasteiger partial charge in [-0.05, 0) is 26.3 Å². The van der Waals surface area contributed by atoms with Gasteiger partial charge in [-0.25, -0.2) is 0 Å². The minimum Gasteiger partial charge on any atom is -0.400 e. The quantitative estimate of drug-likeness (QED) is 0.421. The van der Waals surface area contributed by atoms with Crippen LogP contribution in [0.15, 0.2) is 0 Å². The zero-order chi connectivity index (χ0) is 5.21. The van der Waals surface area contributed by atoms with Gasteiger partial charge in [0.2, 0.25) is 0 Å². The van der Waals surface area contributed by atoms with Crippen molar-refractivity contribution in [1.29, 1.82) is 0 Å². The van der Waals surface area contributed by atoms with Gasteiger partial charge in [-0.1, -0.05) is 0 Å². The van der Waals surface area contributed by atoms with E-state index in [-0.39, 0.29) is 0 Å². The first-order chi connectivity index (χ1) is 2.56. The van der Waals surface area contributed by atoms with Gasteiger partial charge < -0.3 is 4.30 Å². The van der Waals surface area contributed by atoms with E-state index in [1.807, 2.05) is 0 Å². The SMILES string of the molecule is CC(C)(C)[NH][AlH2]. The van der Waals surface area contributed by atoms with Crippen molar-refractivity contribution in [2.45, 2.75) is 26.3 Å². The first-order valence-corrected chi connectivity index (χ1v) is 3.25. The highest BCUT2D eigenvalue weighted by atomic mass is 27.1. The molecule has 0 aliphatic carbocycles. The van der Waals surface area contributed by atoms with Crippen molar-refractivity contribution in [2.24, 2.45) is 0 Å². The molecule has 6 heavy (non-hydrogen) atoms. The molecule has 0 amide bonds. The molecule has 1 N–H and O–H groups in total. The van der Waals surface area contributed by atoms with E-state index in [0.29, 0.717) is 5.54 Å². The first-order valence-electron chi connectivity index (χ1n) is 2.25. The van der Waals surface area contributed by atoms with Crippen LogP contribution in [-0.4, -0.2) is 22.0 Å². The number of nitrogens with one attached hydrogen (secondary N) is 1. The lowest BCUT2D eigenvalue weighted by Gasteiger charge is -2.16. The molecule has 0 atom stereocenters.